The van der Waals surface area contributed by atoms with Crippen LogP contribution in [-0.2, 0) is 0 Å². The van der Waals surface area contributed by atoms with Crippen LogP contribution in [0.1, 0.15) is 26.2 Å². The number of non-ortho nitro benzene ring substituents is 1. The van der Waals surface area contributed by atoms with Crippen molar-refractivity contribution in [3.8, 4) is 0 Å². The van der Waals surface area contributed by atoms with E-state index in [0.717, 1.165) is 12.8 Å². The zero-order chi connectivity index (χ0) is 12.8. The van der Waals surface area contributed by atoms with Crippen molar-refractivity contribution in [1.82, 2.24) is 4.98 Å². The van der Waals surface area contributed by atoms with Crippen molar-refractivity contribution in [2.24, 2.45) is 0 Å². The highest BCUT2D eigenvalue weighted by atomic mass is 16.6. The number of aromatic nitrogens is 1. The van der Waals surface area contributed by atoms with Gasteiger partial charge >= 0.3 is 0 Å². The van der Waals surface area contributed by atoms with Gasteiger partial charge in [-0.15, -0.1) is 0 Å². The first-order chi connectivity index (χ1) is 8.56. The van der Waals surface area contributed by atoms with E-state index >= 15 is 0 Å². The number of nitro groups is 1. The fraction of sp³-hybridized carbons (Fsp3) is 0.417. The highest BCUT2D eigenvalue weighted by Crippen LogP contribution is 2.35. The molecule has 18 heavy (non-hydrogen) atoms. The molecular formula is C12H13N3O3. The summed E-state index contributed by atoms with van der Waals surface area (Å²) >= 11 is 0. The summed E-state index contributed by atoms with van der Waals surface area (Å²) in [7, 11) is 0. The molecule has 6 nitrogen and oxygen atoms in total. The van der Waals surface area contributed by atoms with Gasteiger partial charge in [0.15, 0.2) is 5.58 Å². The molecule has 1 aromatic heterocycles. The Labute approximate surface area is 103 Å². The third-order valence-corrected chi connectivity index (χ3v) is 3.45. The average Bonchev–Trinajstić information content (AvgIpc) is 2.67. The Bertz CT molecular complexity index is 616. The van der Waals surface area contributed by atoms with Gasteiger partial charge in [-0.25, -0.2) is 0 Å². The normalized spacial score (nSPS) is 17.4. The Balaban J connectivity index is 1.93. The van der Waals surface area contributed by atoms with E-state index in [0.29, 0.717) is 17.1 Å². The van der Waals surface area contributed by atoms with Gasteiger partial charge in [0, 0.05) is 11.6 Å². The lowest BCUT2D eigenvalue weighted by Crippen LogP contribution is -2.41. The minimum atomic E-state index is -0.442. The van der Waals surface area contributed by atoms with Crippen LogP contribution in [-0.4, -0.2) is 15.4 Å². The molecule has 2 aromatic rings. The summed E-state index contributed by atoms with van der Waals surface area (Å²) in [6.45, 7) is 2.12. The van der Waals surface area contributed by atoms with Gasteiger partial charge in [-0.2, -0.15) is 4.98 Å². The van der Waals surface area contributed by atoms with E-state index in [1.807, 2.05) is 0 Å². The van der Waals surface area contributed by atoms with Crippen LogP contribution in [0.15, 0.2) is 22.6 Å². The Morgan fingerprint density at radius 2 is 2.28 bits per heavy atom. The third-order valence-electron chi connectivity index (χ3n) is 3.45. The average molecular weight is 247 g/mol. The van der Waals surface area contributed by atoms with Crippen LogP contribution in [0.25, 0.3) is 11.1 Å². The predicted octanol–water partition coefficient (Wildman–Crippen LogP) is 3.09. The van der Waals surface area contributed by atoms with Gasteiger partial charge < -0.3 is 9.73 Å². The molecule has 0 saturated heterocycles. The summed E-state index contributed by atoms with van der Waals surface area (Å²) in [5.41, 5.74) is 1.13. The lowest BCUT2D eigenvalue weighted by molar-refractivity contribution is -0.384. The fourth-order valence-electron chi connectivity index (χ4n) is 2.17. The van der Waals surface area contributed by atoms with E-state index in [9.17, 15) is 10.1 Å². The van der Waals surface area contributed by atoms with E-state index in [2.05, 4.69) is 17.2 Å². The van der Waals surface area contributed by atoms with Crippen LogP contribution in [0.3, 0.4) is 0 Å². The van der Waals surface area contributed by atoms with Crippen LogP contribution in [0.2, 0.25) is 0 Å². The Hall–Kier alpha value is -2.11. The Morgan fingerprint density at radius 1 is 1.50 bits per heavy atom. The molecule has 0 atom stereocenters. The van der Waals surface area contributed by atoms with Crippen LogP contribution in [0.5, 0.6) is 0 Å². The number of nitro benzene ring substituents is 1. The fourth-order valence-corrected chi connectivity index (χ4v) is 2.17. The number of nitrogens with zero attached hydrogens (tertiary/aromatic N) is 2. The number of rotatable bonds is 3. The summed E-state index contributed by atoms with van der Waals surface area (Å²) in [5, 5.41) is 13.9. The van der Waals surface area contributed by atoms with E-state index in [-0.39, 0.29) is 11.2 Å². The third kappa shape index (κ3) is 1.79. The Kier molecular flexibility index (Phi) is 2.26. The molecule has 1 saturated carbocycles. The molecule has 1 heterocycles. The van der Waals surface area contributed by atoms with Crippen molar-refractivity contribution in [3.05, 3.63) is 28.3 Å². The molecule has 0 bridgehead atoms. The molecule has 0 amide bonds. The minimum absolute atomic E-state index is 0.0139. The quantitative estimate of drug-likeness (QED) is 0.665. The van der Waals surface area contributed by atoms with E-state index < -0.39 is 4.92 Å². The van der Waals surface area contributed by atoms with Gasteiger partial charge in [0.25, 0.3) is 11.7 Å². The summed E-state index contributed by atoms with van der Waals surface area (Å²) in [5.74, 6) is 0. The minimum Gasteiger partial charge on any atom is -0.423 e. The number of fused-ring (bicyclic) bond motifs is 1. The van der Waals surface area contributed by atoms with E-state index in [1.165, 1.54) is 18.6 Å². The topological polar surface area (TPSA) is 81.2 Å². The monoisotopic (exact) mass is 247 g/mol. The molecule has 0 spiro atoms. The molecule has 6 heteroatoms. The molecular weight excluding hydrogens is 234 g/mol. The zero-order valence-corrected chi connectivity index (χ0v) is 9.97. The second-order valence-electron chi connectivity index (χ2n) is 4.97. The van der Waals surface area contributed by atoms with Crippen LogP contribution in [0, 0.1) is 10.1 Å². The number of hydrogen-bond acceptors (Lipinski definition) is 5. The number of benzene rings is 1. The van der Waals surface area contributed by atoms with Crippen molar-refractivity contribution >= 4 is 22.8 Å². The maximum atomic E-state index is 10.7. The van der Waals surface area contributed by atoms with Crippen molar-refractivity contribution in [1.29, 1.82) is 0 Å². The molecule has 1 fully saturated rings. The van der Waals surface area contributed by atoms with Gasteiger partial charge in [-0.1, -0.05) is 0 Å². The van der Waals surface area contributed by atoms with Gasteiger partial charge in [-0.3, -0.25) is 10.1 Å². The van der Waals surface area contributed by atoms with Crippen molar-refractivity contribution in [2.45, 2.75) is 31.7 Å². The van der Waals surface area contributed by atoms with Crippen molar-refractivity contribution in [3.63, 3.8) is 0 Å². The lowest BCUT2D eigenvalue weighted by atomic mass is 9.79. The highest BCUT2D eigenvalue weighted by Gasteiger charge is 2.32. The molecule has 1 aliphatic carbocycles. The highest BCUT2D eigenvalue weighted by molar-refractivity contribution is 5.77. The Morgan fingerprint density at radius 3 is 2.89 bits per heavy atom. The first-order valence-electron chi connectivity index (χ1n) is 5.89. The summed E-state index contributed by atoms with van der Waals surface area (Å²) < 4.78 is 5.50. The number of anilines is 1. The van der Waals surface area contributed by atoms with E-state index in [4.69, 9.17) is 4.42 Å². The predicted molar refractivity (Wildman–Crippen MR) is 66.5 cm³/mol. The standard InChI is InChI=1S/C12H13N3O3/c1-12(5-2-6-12)14-11-13-9-4-3-8(15(16)17)7-10(9)18-11/h3-4,7H,2,5-6H2,1H3,(H,13,14). The maximum absolute atomic E-state index is 10.7. The number of hydrogen-bond donors (Lipinski definition) is 1. The van der Waals surface area contributed by atoms with E-state index in [1.54, 1.807) is 6.07 Å². The first kappa shape index (κ1) is 11.0. The van der Waals surface area contributed by atoms with Gasteiger partial charge in [0.05, 0.1) is 11.0 Å². The van der Waals surface area contributed by atoms with Crippen LogP contribution in [0.4, 0.5) is 11.7 Å². The molecule has 1 aromatic carbocycles. The molecule has 0 aliphatic heterocycles. The molecule has 3 rings (SSSR count). The largest absolute Gasteiger partial charge is 0.423 e. The zero-order valence-electron chi connectivity index (χ0n) is 9.97. The molecule has 1 N–H and O–H groups in total. The smallest absolute Gasteiger partial charge is 0.296 e. The summed E-state index contributed by atoms with van der Waals surface area (Å²) in [4.78, 5) is 14.5. The van der Waals surface area contributed by atoms with Gasteiger partial charge in [0.2, 0.25) is 0 Å². The molecule has 94 valence electrons. The van der Waals surface area contributed by atoms with Crippen LogP contribution < -0.4 is 5.32 Å². The van der Waals surface area contributed by atoms with Crippen molar-refractivity contribution in [2.75, 3.05) is 5.32 Å². The lowest BCUT2D eigenvalue weighted by Gasteiger charge is -2.38. The van der Waals surface area contributed by atoms with Gasteiger partial charge in [0.1, 0.15) is 5.52 Å². The van der Waals surface area contributed by atoms with Crippen LogP contribution >= 0.6 is 0 Å². The second-order valence-corrected chi connectivity index (χ2v) is 4.97. The number of nitrogens with one attached hydrogen (secondary N) is 1. The number of oxazole rings is 1. The van der Waals surface area contributed by atoms with Crippen molar-refractivity contribution < 1.29 is 9.34 Å². The maximum Gasteiger partial charge on any atom is 0.296 e. The summed E-state index contributed by atoms with van der Waals surface area (Å²) in [6.07, 6.45) is 3.38. The first-order valence-corrected chi connectivity index (χ1v) is 5.89. The SMILES string of the molecule is CC1(Nc2nc3ccc([N+](=O)[O-])cc3o2)CCC1. The second kappa shape index (κ2) is 3.69. The summed E-state index contributed by atoms with van der Waals surface area (Å²) in [6, 6.07) is 4.87. The molecule has 0 radical (unpaired) electrons. The molecule has 1 aliphatic rings. The van der Waals surface area contributed by atoms with Gasteiger partial charge in [-0.05, 0) is 32.3 Å². The molecule has 0 unspecified atom stereocenters.